The van der Waals surface area contributed by atoms with Gasteiger partial charge in [-0.15, -0.1) is 0 Å². The number of halogens is 1. The van der Waals surface area contributed by atoms with Crippen LogP contribution in [0.2, 0.25) is 0 Å². The van der Waals surface area contributed by atoms with E-state index in [0.717, 1.165) is 28.5 Å². The number of rotatable bonds is 8. The van der Waals surface area contributed by atoms with Crippen molar-refractivity contribution < 1.29 is 28.6 Å². The van der Waals surface area contributed by atoms with Crippen LogP contribution in [-0.2, 0) is 44.2 Å². The molecule has 0 saturated carbocycles. The standard InChI is InChI=1S/C35H41FN4O6/c1-7-35(44)19(3)46-15-22-23(35)12-27-32-21(14-40(27)33(22)43)31-25(9-8-20-18(2)24(36)13-26(39-32)30(20)31)38-29(42)16-45-17-37-28(41)10-11-34(4,5)6/h12-13,25,44H,3,7-11,14-17H2,1-2,4-6H3,(H,37,41)(H,38,42)/t25-,35+/m0/s1. The Kier molecular flexibility index (Phi) is 8.05. The topological polar surface area (TPSA) is 132 Å². The summed E-state index contributed by atoms with van der Waals surface area (Å²) >= 11 is 0. The van der Waals surface area contributed by atoms with Crippen LogP contribution in [0.1, 0.15) is 92.8 Å². The van der Waals surface area contributed by atoms with Gasteiger partial charge in [0, 0.05) is 29.0 Å². The summed E-state index contributed by atoms with van der Waals surface area (Å²) in [4.78, 5) is 44.0. The molecule has 3 N–H and O–H groups in total. The van der Waals surface area contributed by atoms with Gasteiger partial charge in [0.2, 0.25) is 11.8 Å². The molecule has 46 heavy (non-hydrogen) atoms. The van der Waals surface area contributed by atoms with Crippen LogP contribution < -0.4 is 16.2 Å². The first-order chi connectivity index (χ1) is 21.7. The van der Waals surface area contributed by atoms with Crippen LogP contribution in [0, 0.1) is 18.2 Å². The van der Waals surface area contributed by atoms with Gasteiger partial charge >= 0.3 is 0 Å². The van der Waals surface area contributed by atoms with Crippen molar-refractivity contribution in [1.82, 2.24) is 20.2 Å². The molecule has 2 aromatic heterocycles. The minimum Gasteiger partial charge on any atom is -0.490 e. The van der Waals surface area contributed by atoms with Crippen molar-refractivity contribution in [3.8, 4) is 11.4 Å². The molecular formula is C35H41FN4O6. The Morgan fingerprint density at radius 3 is 2.72 bits per heavy atom. The average molecular weight is 633 g/mol. The predicted octanol–water partition coefficient (Wildman–Crippen LogP) is 4.53. The number of aromatic nitrogens is 2. The molecule has 6 rings (SSSR count). The number of aliphatic hydroxyl groups is 1. The van der Waals surface area contributed by atoms with Crippen molar-refractivity contribution in [2.24, 2.45) is 5.41 Å². The first-order valence-corrected chi connectivity index (χ1v) is 15.8. The van der Waals surface area contributed by atoms with Crippen molar-refractivity contribution in [1.29, 1.82) is 0 Å². The van der Waals surface area contributed by atoms with E-state index in [1.165, 1.54) is 6.07 Å². The number of nitrogens with one attached hydrogen (secondary N) is 2. The highest BCUT2D eigenvalue weighted by molar-refractivity contribution is 5.93. The van der Waals surface area contributed by atoms with Gasteiger partial charge in [-0.25, -0.2) is 9.37 Å². The van der Waals surface area contributed by atoms with E-state index in [9.17, 15) is 19.5 Å². The predicted molar refractivity (Wildman–Crippen MR) is 170 cm³/mol. The maximum Gasteiger partial charge on any atom is 0.258 e. The van der Waals surface area contributed by atoms with Gasteiger partial charge < -0.3 is 29.8 Å². The van der Waals surface area contributed by atoms with Crippen LogP contribution >= 0.6 is 0 Å². The molecule has 244 valence electrons. The zero-order valence-electron chi connectivity index (χ0n) is 27.1. The van der Waals surface area contributed by atoms with E-state index in [1.807, 2.05) is 0 Å². The molecule has 1 aromatic carbocycles. The normalized spacial score (nSPS) is 19.7. The molecule has 1 aliphatic carbocycles. The first-order valence-electron chi connectivity index (χ1n) is 15.8. The SMILES string of the molecule is C=C1OCc2c(cc3n(c2=O)Cc2c-3nc3cc(F)c(C)c4c3c2[C@@H](NC(=O)COCNC(=O)CCC(C)(C)C)CC4)[C@@]1(O)CC. The van der Waals surface area contributed by atoms with Gasteiger partial charge in [-0.1, -0.05) is 34.3 Å². The Bertz CT molecular complexity index is 1860. The fraction of sp³-hybridized carbons (Fsp3) is 0.486. The van der Waals surface area contributed by atoms with Gasteiger partial charge in [-0.3, -0.25) is 14.4 Å². The van der Waals surface area contributed by atoms with Gasteiger partial charge in [-0.2, -0.15) is 0 Å². The van der Waals surface area contributed by atoms with Gasteiger partial charge in [0.25, 0.3) is 5.56 Å². The molecule has 2 aliphatic heterocycles. The van der Waals surface area contributed by atoms with Crippen molar-refractivity contribution in [3.05, 3.63) is 74.0 Å². The molecule has 0 fully saturated rings. The fourth-order valence-corrected chi connectivity index (χ4v) is 6.90. The van der Waals surface area contributed by atoms with Gasteiger partial charge in [-0.05, 0) is 60.8 Å². The van der Waals surface area contributed by atoms with E-state index < -0.39 is 11.6 Å². The van der Waals surface area contributed by atoms with Crippen molar-refractivity contribution >= 4 is 22.7 Å². The maximum absolute atomic E-state index is 15.2. The summed E-state index contributed by atoms with van der Waals surface area (Å²) < 4.78 is 27.9. The summed E-state index contributed by atoms with van der Waals surface area (Å²) in [6.07, 6.45) is 2.42. The second-order valence-electron chi connectivity index (χ2n) is 13.8. The van der Waals surface area contributed by atoms with Crippen LogP contribution in [0.15, 0.2) is 29.3 Å². The fourth-order valence-electron chi connectivity index (χ4n) is 6.90. The van der Waals surface area contributed by atoms with Gasteiger partial charge in [0.1, 0.15) is 37.1 Å². The Balaban J connectivity index is 1.32. The highest BCUT2D eigenvalue weighted by Gasteiger charge is 2.42. The number of hydrogen-bond donors (Lipinski definition) is 3. The monoisotopic (exact) mass is 632 g/mol. The number of fused-ring (bicyclic) bond motifs is 5. The van der Waals surface area contributed by atoms with E-state index in [0.29, 0.717) is 52.9 Å². The summed E-state index contributed by atoms with van der Waals surface area (Å²) in [7, 11) is 0. The number of ether oxygens (including phenoxy) is 2. The molecule has 0 saturated heterocycles. The molecular weight excluding hydrogens is 591 g/mol. The second kappa shape index (κ2) is 11.6. The Morgan fingerprint density at radius 1 is 1.24 bits per heavy atom. The number of carbonyl (C=O) groups excluding carboxylic acids is 2. The van der Waals surface area contributed by atoms with Crippen LogP contribution in [0.4, 0.5) is 4.39 Å². The largest absolute Gasteiger partial charge is 0.490 e. The molecule has 10 nitrogen and oxygen atoms in total. The molecule has 4 heterocycles. The Morgan fingerprint density at radius 2 is 2.00 bits per heavy atom. The number of pyridine rings is 2. The van der Waals surface area contributed by atoms with E-state index in [4.69, 9.17) is 14.5 Å². The molecule has 2 atom stereocenters. The van der Waals surface area contributed by atoms with Crippen LogP contribution in [0.25, 0.3) is 22.3 Å². The minimum atomic E-state index is -1.53. The van der Waals surface area contributed by atoms with Gasteiger partial charge in [0.05, 0.1) is 35.1 Å². The number of nitrogens with zero attached hydrogens (tertiary/aromatic N) is 2. The van der Waals surface area contributed by atoms with E-state index in [1.54, 1.807) is 24.5 Å². The molecule has 3 aromatic rings. The number of amides is 2. The minimum absolute atomic E-state index is 0.00151. The first kappa shape index (κ1) is 31.9. The number of carbonyl (C=O) groups is 2. The smallest absolute Gasteiger partial charge is 0.258 e. The van der Waals surface area contributed by atoms with Gasteiger partial charge in [0.15, 0.2) is 0 Å². The van der Waals surface area contributed by atoms with Crippen LogP contribution in [-0.4, -0.2) is 39.8 Å². The lowest BCUT2D eigenvalue weighted by molar-refractivity contribution is -0.129. The Labute approximate surface area is 267 Å². The molecule has 0 spiro atoms. The molecule has 11 heteroatoms. The third kappa shape index (κ3) is 5.39. The summed E-state index contributed by atoms with van der Waals surface area (Å²) in [5.41, 5.74) is 3.45. The van der Waals surface area contributed by atoms with Crippen molar-refractivity contribution in [3.63, 3.8) is 0 Å². The third-order valence-electron chi connectivity index (χ3n) is 9.59. The lowest BCUT2D eigenvalue weighted by atomic mass is 9.81. The zero-order chi connectivity index (χ0) is 33.1. The van der Waals surface area contributed by atoms with Crippen LogP contribution in [0.5, 0.6) is 0 Å². The highest BCUT2D eigenvalue weighted by Crippen LogP contribution is 2.46. The summed E-state index contributed by atoms with van der Waals surface area (Å²) in [5, 5.41) is 18.0. The lowest BCUT2D eigenvalue weighted by Gasteiger charge is -2.35. The van der Waals surface area contributed by atoms with Crippen molar-refractivity contribution in [2.75, 3.05) is 13.3 Å². The second-order valence-corrected chi connectivity index (χ2v) is 13.8. The quantitative estimate of drug-likeness (QED) is 0.192. The zero-order valence-corrected chi connectivity index (χ0v) is 27.1. The average Bonchev–Trinajstić information content (AvgIpc) is 3.38. The number of aryl methyl sites for hydroxylation is 1. The Hall–Kier alpha value is -4.09. The molecule has 0 unspecified atom stereocenters. The van der Waals surface area contributed by atoms with E-state index in [2.05, 4.69) is 38.0 Å². The van der Waals surface area contributed by atoms with Crippen molar-refractivity contribution in [2.45, 2.75) is 91.5 Å². The summed E-state index contributed by atoms with van der Waals surface area (Å²) in [5.74, 6) is -0.678. The summed E-state index contributed by atoms with van der Waals surface area (Å²) in [6, 6.07) is 2.74. The molecule has 0 bridgehead atoms. The molecule has 2 amide bonds. The highest BCUT2D eigenvalue weighted by atomic mass is 19.1. The van der Waals surface area contributed by atoms with E-state index in [-0.39, 0.29) is 67.3 Å². The third-order valence-corrected chi connectivity index (χ3v) is 9.59. The molecule has 0 radical (unpaired) electrons. The van der Waals surface area contributed by atoms with E-state index >= 15 is 4.39 Å². The maximum atomic E-state index is 15.2. The van der Waals surface area contributed by atoms with Crippen LogP contribution in [0.3, 0.4) is 0 Å². The number of hydrogen-bond acceptors (Lipinski definition) is 7. The lowest BCUT2D eigenvalue weighted by Crippen LogP contribution is -2.38. The summed E-state index contributed by atoms with van der Waals surface area (Å²) in [6.45, 7) is 13.5. The molecule has 3 aliphatic rings. The number of benzene rings is 1.